The number of rotatable bonds is 4. The summed E-state index contributed by atoms with van der Waals surface area (Å²) in [6.07, 6.45) is 4.76. The first-order valence-corrected chi connectivity index (χ1v) is 7.62. The standard InChI is InChI=1S/C15H17NO3S/c1-8-2-5-11(20-8)7-16-14(17)12-9-3-4-10(6-9)13(12)15(18)19/h2-5,9-10,12-13H,6-7H2,1H3,(H,16,17)(H,18,19). The third-order valence-corrected chi connectivity index (χ3v) is 5.28. The monoisotopic (exact) mass is 291 g/mol. The first kappa shape index (κ1) is 13.4. The van der Waals surface area contributed by atoms with Crippen molar-refractivity contribution in [3.05, 3.63) is 34.0 Å². The fraction of sp³-hybridized carbons (Fsp3) is 0.467. The van der Waals surface area contributed by atoms with E-state index in [9.17, 15) is 14.7 Å². The summed E-state index contributed by atoms with van der Waals surface area (Å²) >= 11 is 1.65. The van der Waals surface area contributed by atoms with Crippen LogP contribution in [-0.4, -0.2) is 17.0 Å². The summed E-state index contributed by atoms with van der Waals surface area (Å²) < 4.78 is 0. The fourth-order valence-corrected chi connectivity index (χ4v) is 4.22. The molecule has 0 spiro atoms. The van der Waals surface area contributed by atoms with Gasteiger partial charge in [-0.2, -0.15) is 0 Å². The Morgan fingerprint density at radius 2 is 2.00 bits per heavy atom. The number of hydrogen-bond acceptors (Lipinski definition) is 3. The normalized spacial score (nSPS) is 30.6. The van der Waals surface area contributed by atoms with E-state index in [-0.39, 0.29) is 17.7 Å². The van der Waals surface area contributed by atoms with Gasteiger partial charge in [0.25, 0.3) is 0 Å². The lowest BCUT2D eigenvalue weighted by Crippen LogP contribution is -2.39. The minimum atomic E-state index is -0.853. The molecule has 1 amide bonds. The number of allylic oxidation sites excluding steroid dienone is 2. The van der Waals surface area contributed by atoms with Crippen molar-refractivity contribution >= 4 is 23.2 Å². The molecule has 2 aliphatic rings. The van der Waals surface area contributed by atoms with Crippen molar-refractivity contribution in [2.75, 3.05) is 0 Å². The van der Waals surface area contributed by atoms with Crippen molar-refractivity contribution in [2.24, 2.45) is 23.7 Å². The lowest BCUT2D eigenvalue weighted by Gasteiger charge is -2.23. The van der Waals surface area contributed by atoms with Gasteiger partial charge in [-0.3, -0.25) is 9.59 Å². The van der Waals surface area contributed by atoms with Gasteiger partial charge in [0.05, 0.1) is 18.4 Å². The van der Waals surface area contributed by atoms with E-state index in [2.05, 4.69) is 5.32 Å². The highest BCUT2D eigenvalue weighted by atomic mass is 32.1. The number of aryl methyl sites for hydroxylation is 1. The highest BCUT2D eigenvalue weighted by molar-refractivity contribution is 7.11. The zero-order chi connectivity index (χ0) is 14.3. The molecule has 2 aliphatic carbocycles. The molecule has 1 fully saturated rings. The summed E-state index contributed by atoms with van der Waals surface area (Å²) in [6, 6.07) is 4.02. The van der Waals surface area contributed by atoms with Crippen LogP contribution in [0.4, 0.5) is 0 Å². The van der Waals surface area contributed by atoms with Crippen LogP contribution in [0.3, 0.4) is 0 Å². The summed E-state index contributed by atoms with van der Waals surface area (Å²) in [5, 5.41) is 12.2. The molecule has 20 heavy (non-hydrogen) atoms. The van der Waals surface area contributed by atoms with Gasteiger partial charge in [-0.25, -0.2) is 0 Å². The molecule has 4 unspecified atom stereocenters. The van der Waals surface area contributed by atoms with Crippen molar-refractivity contribution in [1.82, 2.24) is 5.32 Å². The van der Waals surface area contributed by atoms with Gasteiger partial charge >= 0.3 is 5.97 Å². The van der Waals surface area contributed by atoms with Crippen LogP contribution in [0.2, 0.25) is 0 Å². The molecule has 106 valence electrons. The van der Waals surface area contributed by atoms with Crippen LogP contribution in [0.5, 0.6) is 0 Å². The largest absolute Gasteiger partial charge is 0.481 e. The Kier molecular flexibility index (Phi) is 3.38. The van der Waals surface area contributed by atoms with Crippen LogP contribution < -0.4 is 5.32 Å². The van der Waals surface area contributed by atoms with E-state index in [1.165, 1.54) is 4.88 Å². The molecule has 2 N–H and O–H groups in total. The van der Waals surface area contributed by atoms with E-state index in [0.717, 1.165) is 11.3 Å². The molecule has 4 atom stereocenters. The number of fused-ring (bicyclic) bond motifs is 2. The van der Waals surface area contributed by atoms with Gasteiger partial charge in [-0.05, 0) is 37.3 Å². The number of thiophene rings is 1. The van der Waals surface area contributed by atoms with Crippen LogP contribution in [-0.2, 0) is 16.1 Å². The Morgan fingerprint density at radius 1 is 1.30 bits per heavy atom. The maximum absolute atomic E-state index is 12.3. The molecular weight excluding hydrogens is 274 g/mol. The summed E-state index contributed by atoms with van der Waals surface area (Å²) in [4.78, 5) is 26.0. The number of amides is 1. The number of carboxylic acids is 1. The van der Waals surface area contributed by atoms with E-state index >= 15 is 0 Å². The molecule has 2 bridgehead atoms. The quantitative estimate of drug-likeness (QED) is 0.836. The van der Waals surface area contributed by atoms with Gasteiger partial charge in [0, 0.05) is 9.75 Å². The predicted octanol–water partition coefficient (Wildman–Crippen LogP) is 2.20. The second-order valence-corrected chi connectivity index (χ2v) is 6.94. The molecule has 5 heteroatoms. The second kappa shape index (κ2) is 5.05. The van der Waals surface area contributed by atoms with Crippen molar-refractivity contribution in [2.45, 2.75) is 19.9 Å². The van der Waals surface area contributed by atoms with Crippen LogP contribution >= 0.6 is 11.3 Å². The van der Waals surface area contributed by atoms with Crippen molar-refractivity contribution in [1.29, 1.82) is 0 Å². The van der Waals surface area contributed by atoms with Gasteiger partial charge in [0.15, 0.2) is 0 Å². The molecule has 0 saturated heterocycles. The Morgan fingerprint density at radius 3 is 2.60 bits per heavy atom. The summed E-state index contributed by atoms with van der Waals surface area (Å²) in [7, 11) is 0. The van der Waals surface area contributed by atoms with Crippen LogP contribution in [0, 0.1) is 30.6 Å². The average Bonchev–Trinajstić information content (AvgIpc) is 3.10. The maximum atomic E-state index is 12.3. The van der Waals surface area contributed by atoms with Gasteiger partial charge in [-0.1, -0.05) is 12.2 Å². The van der Waals surface area contributed by atoms with Crippen molar-refractivity contribution < 1.29 is 14.7 Å². The molecule has 0 aliphatic heterocycles. The first-order valence-electron chi connectivity index (χ1n) is 6.80. The summed E-state index contributed by atoms with van der Waals surface area (Å²) in [5.41, 5.74) is 0. The third-order valence-electron chi connectivity index (χ3n) is 4.28. The zero-order valence-corrected chi connectivity index (χ0v) is 12.0. The molecule has 3 rings (SSSR count). The lowest BCUT2D eigenvalue weighted by atomic mass is 9.82. The molecule has 1 saturated carbocycles. The molecule has 0 radical (unpaired) electrons. The molecule has 1 heterocycles. The van der Waals surface area contributed by atoms with E-state index in [4.69, 9.17) is 0 Å². The second-order valence-electron chi connectivity index (χ2n) is 5.57. The molecule has 0 aromatic carbocycles. The predicted molar refractivity (Wildman–Crippen MR) is 76.3 cm³/mol. The van der Waals surface area contributed by atoms with E-state index in [0.29, 0.717) is 6.54 Å². The lowest BCUT2D eigenvalue weighted by molar-refractivity contribution is -0.147. The molecule has 1 aromatic rings. The molecule has 1 aromatic heterocycles. The number of nitrogens with one attached hydrogen (secondary N) is 1. The van der Waals surface area contributed by atoms with Crippen LogP contribution in [0.25, 0.3) is 0 Å². The van der Waals surface area contributed by atoms with Gasteiger partial charge < -0.3 is 10.4 Å². The van der Waals surface area contributed by atoms with E-state index in [1.54, 1.807) is 11.3 Å². The Bertz CT molecular complexity index is 577. The van der Waals surface area contributed by atoms with Gasteiger partial charge in [-0.15, -0.1) is 11.3 Å². The first-order chi connectivity index (χ1) is 9.56. The van der Waals surface area contributed by atoms with Crippen molar-refractivity contribution in [3.63, 3.8) is 0 Å². The third kappa shape index (κ3) is 2.26. The SMILES string of the molecule is Cc1ccc(CNC(=O)C2C3C=CC(C3)C2C(=O)O)s1. The highest BCUT2D eigenvalue weighted by Crippen LogP contribution is 2.48. The zero-order valence-electron chi connectivity index (χ0n) is 11.2. The Balaban J connectivity index is 1.67. The molecule has 4 nitrogen and oxygen atoms in total. The molecular formula is C15H17NO3S. The highest BCUT2D eigenvalue weighted by Gasteiger charge is 2.51. The topological polar surface area (TPSA) is 66.4 Å². The Hall–Kier alpha value is -1.62. The van der Waals surface area contributed by atoms with E-state index < -0.39 is 17.8 Å². The smallest absolute Gasteiger partial charge is 0.307 e. The van der Waals surface area contributed by atoms with Gasteiger partial charge in [0.1, 0.15) is 0 Å². The minimum Gasteiger partial charge on any atom is -0.481 e. The van der Waals surface area contributed by atoms with Crippen molar-refractivity contribution in [3.8, 4) is 0 Å². The van der Waals surface area contributed by atoms with E-state index in [1.807, 2.05) is 31.2 Å². The van der Waals surface area contributed by atoms with Gasteiger partial charge in [0.2, 0.25) is 5.91 Å². The fourth-order valence-electron chi connectivity index (χ4n) is 3.39. The van der Waals surface area contributed by atoms with Crippen LogP contribution in [0.15, 0.2) is 24.3 Å². The number of aliphatic carboxylic acids is 1. The number of carboxylic acid groups (broad SMARTS) is 1. The number of hydrogen-bond donors (Lipinski definition) is 2. The number of carbonyl (C=O) groups is 2. The summed E-state index contributed by atoms with van der Waals surface area (Å²) in [6.45, 7) is 2.51. The maximum Gasteiger partial charge on any atom is 0.307 e. The summed E-state index contributed by atoms with van der Waals surface area (Å²) in [5.74, 6) is -1.84. The van der Waals surface area contributed by atoms with Crippen LogP contribution in [0.1, 0.15) is 16.2 Å². The number of carbonyl (C=O) groups excluding carboxylic acids is 1. The Labute approximate surface area is 121 Å². The average molecular weight is 291 g/mol. The minimum absolute atomic E-state index is 0.0252.